The Morgan fingerprint density at radius 3 is 2.83 bits per heavy atom. The number of piperidine rings is 1. The quantitative estimate of drug-likeness (QED) is 0.506. The smallest absolute Gasteiger partial charge is 0.219 e. The summed E-state index contributed by atoms with van der Waals surface area (Å²) in [5.74, 6) is 2.43. The number of carbonyl (C=O) groups excluding carboxylic acids is 1. The molecule has 1 fully saturated rings. The second-order valence-electron chi connectivity index (χ2n) is 8.86. The summed E-state index contributed by atoms with van der Waals surface area (Å²) in [5.41, 5.74) is 8.45. The Morgan fingerprint density at radius 1 is 1.26 bits per heavy atom. The first-order valence-electron chi connectivity index (χ1n) is 12.1. The summed E-state index contributed by atoms with van der Waals surface area (Å²) in [5, 5.41) is 4.22. The van der Waals surface area contributed by atoms with E-state index in [2.05, 4.69) is 26.8 Å². The van der Waals surface area contributed by atoms with Crippen LogP contribution in [0.5, 0.6) is 11.5 Å². The van der Waals surface area contributed by atoms with Crippen molar-refractivity contribution in [1.82, 2.24) is 24.4 Å². The Kier molecular flexibility index (Phi) is 6.85. The van der Waals surface area contributed by atoms with E-state index in [4.69, 9.17) is 20.2 Å². The predicted octanol–water partition coefficient (Wildman–Crippen LogP) is 3.41. The van der Waals surface area contributed by atoms with Gasteiger partial charge in [-0.2, -0.15) is 0 Å². The van der Waals surface area contributed by atoms with Crippen LogP contribution in [0.1, 0.15) is 33.1 Å². The third kappa shape index (κ3) is 4.95. The van der Waals surface area contributed by atoms with Crippen LogP contribution >= 0.6 is 11.8 Å². The number of aryl methyl sites for hydroxylation is 1. The highest BCUT2D eigenvalue weighted by molar-refractivity contribution is 7.99. The molecule has 35 heavy (non-hydrogen) atoms. The normalized spacial score (nSPS) is 17.5. The molecule has 5 rings (SSSR count). The van der Waals surface area contributed by atoms with Crippen molar-refractivity contribution >= 4 is 40.3 Å². The van der Waals surface area contributed by atoms with Gasteiger partial charge in [0.2, 0.25) is 5.91 Å². The van der Waals surface area contributed by atoms with Crippen molar-refractivity contribution in [1.29, 1.82) is 0 Å². The first kappa shape index (κ1) is 23.5. The molecule has 2 aromatic heterocycles. The van der Waals surface area contributed by atoms with Gasteiger partial charge in [0.15, 0.2) is 33.6 Å². The van der Waals surface area contributed by atoms with Gasteiger partial charge >= 0.3 is 0 Å². The number of nitrogen functional groups attached to an aromatic ring is 1. The lowest BCUT2D eigenvalue weighted by Gasteiger charge is -2.32. The zero-order valence-corrected chi connectivity index (χ0v) is 20.9. The maximum Gasteiger partial charge on any atom is 0.219 e. The van der Waals surface area contributed by atoms with Crippen LogP contribution in [0.3, 0.4) is 0 Å². The molecule has 3 N–H and O–H groups in total. The Morgan fingerprint density at radius 2 is 2.06 bits per heavy atom. The van der Waals surface area contributed by atoms with E-state index in [1.165, 1.54) is 6.33 Å². The molecule has 2 aliphatic heterocycles. The van der Waals surface area contributed by atoms with Crippen molar-refractivity contribution in [3.05, 3.63) is 18.5 Å². The number of likely N-dealkylation sites (tertiary alicyclic amines) is 1. The molecule has 3 aromatic rings. The zero-order chi connectivity index (χ0) is 24.4. The lowest BCUT2D eigenvalue weighted by Crippen LogP contribution is -2.38. The van der Waals surface area contributed by atoms with Gasteiger partial charge in [0.25, 0.3) is 0 Å². The van der Waals surface area contributed by atoms with Gasteiger partial charge in [0.1, 0.15) is 19.5 Å². The second-order valence-corrected chi connectivity index (χ2v) is 9.87. The molecule has 0 aliphatic carbocycles. The van der Waals surface area contributed by atoms with Crippen LogP contribution in [0.25, 0.3) is 11.2 Å². The van der Waals surface area contributed by atoms with Gasteiger partial charge < -0.3 is 30.0 Å². The number of benzene rings is 1. The van der Waals surface area contributed by atoms with Crippen molar-refractivity contribution < 1.29 is 14.3 Å². The number of anilines is 2. The molecule has 1 saturated heterocycles. The molecule has 1 aromatic carbocycles. The number of imidazole rings is 1. The summed E-state index contributed by atoms with van der Waals surface area (Å²) >= 11 is 1.55. The van der Waals surface area contributed by atoms with Crippen molar-refractivity contribution in [3.63, 3.8) is 0 Å². The number of nitrogens with one attached hydrogen (secondary N) is 1. The number of amides is 1. The number of nitrogens with zero attached hydrogens (tertiary/aromatic N) is 5. The summed E-state index contributed by atoms with van der Waals surface area (Å²) in [6.45, 7) is 7.93. The first-order chi connectivity index (χ1) is 17.0. The van der Waals surface area contributed by atoms with Crippen LogP contribution in [0, 0.1) is 5.92 Å². The number of hydrogen-bond acceptors (Lipinski definition) is 9. The molecule has 186 valence electrons. The van der Waals surface area contributed by atoms with Crippen LogP contribution in [-0.4, -0.2) is 63.2 Å². The third-order valence-electron chi connectivity index (χ3n) is 6.46. The molecule has 1 atom stereocenters. The minimum atomic E-state index is 0.147. The number of ether oxygens (including phenoxy) is 2. The van der Waals surface area contributed by atoms with Gasteiger partial charge in [-0.05, 0) is 43.9 Å². The zero-order valence-electron chi connectivity index (χ0n) is 20.1. The molecule has 11 heteroatoms. The van der Waals surface area contributed by atoms with E-state index in [1.54, 1.807) is 18.7 Å². The van der Waals surface area contributed by atoms with Crippen LogP contribution in [0.2, 0.25) is 0 Å². The summed E-state index contributed by atoms with van der Waals surface area (Å²) < 4.78 is 13.7. The monoisotopic (exact) mass is 497 g/mol. The minimum Gasteiger partial charge on any atom is -0.486 e. The average molecular weight is 498 g/mol. The highest BCUT2D eigenvalue weighted by Gasteiger charge is 2.24. The number of carbonyl (C=O) groups is 1. The van der Waals surface area contributed by atoms with Crippen LogP contribution in [0.15, 0.2) is 28.5 Å². The highest BCUT2D eigenvalue weighted by Crippen LogP contribution is 2.43. The lowest BCUT2D eigenvalue weighted by molar-refractivity contribution is -0.130. The van der Waals surface area contributed by atoms with Gasteiger partial charge in [-0.1, -0.05) is 0 Å². The van der Waals surface area contributed by atoms with E-state index >= 15 is 0 Å². The number of hydrogen-bond donors (Lipinski definition) is 2. The minimum absolute atomic E-state index is 0.147. The Bertz CT molecular complexity index is 1230. The molecular weight excluding hydrogens is 466 g/mol. The average Bonchev–Trinajstić information content (AvgIpc) is 3.21. The maximum absolute atomic E-state index is 11.9. The molecule has 2 aliphatic rings. The van der Waals surface area contributed by atoms with Crippen molar-refractivity contribution in [2.45, 2.75) is 49.7 Å². The summed E-state index contributed by atoms with van der Waals surface area (Å²) in [7, 11) is 0. The summed E-state index contributed by atoms with van der Waals surface area (Å²) in [6, 6.07) is 3.99. The van der Waals surface area contributed by atoms with E-state index in [9.17, 15) is 4.79 Å². The number of rotatable bonds is 7. The van der Waals surface area contributed by atoms with Gasteiger partial charge in [-0.25, -0.2) is 15.0 Å². The van der Waals surface area contributed by atoms with E-state index in [0.717, 1.165) is 78.3 Å². The third-order valence-corrected chi connectivity index (χ3v) is 7.52. The predicted molar refractivity (Wildman–Crippen MR) is 135 cm³/mol. The fourth-order valence-corrected chi connectivity index (χ4v) is 5.72. The highest BCUT2D eigenvalue weighted by atomic mass is 32.2. The van der Waals surface area contributed by atoms with Gasteiger partial charge in [-0.15, -0.1) is 0 Å². The van der Waals surface area contributed by atoms with Gasteiger partial charge in [0.05, 0.1) is 5.69 Å². The van der Waals surface area contributed by atoms with E-state index in [-0.39, 0.29) is 5.91 Å². The maximum atomic E-state index is 11.9. The second kappa shape index (κ2) is 10.2. The first-order valence-corrected chi connectivity index (χ1v) is 12.9. The molecule has 0 radical (unpaired) electrons. The molecular formula is C24H31N7O3S. The fourth-order valence-electron chi connectivity index (χ4n) is 4.69. The number of aromatic nitrogens is 4. The molecule has 4 heterocycles. The topological polar surface area (TPSA) is 120 Å². The summed E-state index contributed by atoms with van der Waals surface area (Å²) in [6.07, 6.45) is 4.56. The molecule has 10 nitrogen and oxygen atoms in total. The van der Waals surface area contributed by atoms with Crippen molar-refractivity contribution in [3.8, 4) is 11.5 Å². The van der Waals surface area contributed by atoms with E-state index in [0.29, 0.717) is 30.5 Å². The molecule has 0 saturated carbocycles. The van der Waals surface area contributed by atoms with Crippen molar-refractivity contribution in [2.24, 2.45) is 5.92 Å². The standard InChI is InChI=1S/C24H31N7O3S/c1-3-26-17-11-18-19(34-10-9-33-18)12-20(17)35-24-29-21-22(25)27-14-28-23(21)31(24)8-6-16-5-4-7-30(13-16)15(2)32/h11-12,14,16,26H,3-10,13H2,1-2H3,(H2,25,27,28). The Balaban J connectivity index is 1.46. The number of nitrogens with two attached hydrogens (primary N) is 1. The lowest BCUT2D eigenvalue weighted by atomic mass is 9.95. The molecule has 0 bridgehead atoms. The van der Waals surface area contributed by atoms with Gasteiger partial charge in [0, 0.05) is 50.1 Å². The molecule has 0 spiro atoms. The largest absolute Gasteiger partial charge is 0.486 e. The summed E-state index contributed by atoms with van der Waals surface area (Å²) in [4.78, 5) is 28.3. The Hall–Kier alpha value is -3.21. The SMILES string of the molecule is CCNc1cc2c(cc1Sc1nc3c(N)ncnc3n1CCC1CCCN(C(C)=O)C1)OCCO2. The van der Waals surface area contributed by atoms with Crippen molar-refractivity contribution in [2.75, 3.05) is 43.9 Å². The van der Waals surface area contributed by atoms with Crippen LogP contribution < -0.4 is 20.5 Å². The van der Waals surface area contributed by atoms with E-state index < -0.39 is 0 Å². The van der Waals surface area contributed by atoms with Crippen LogP contribution in [0.4, 0.5) is 11.5 Å². The Labute approximate surface area is 208 Å². The number of fused-ring (bicyclic) bond motifs is 2. The van der Waals surface area contributed by atoms with Crippen LogP contribution in [-0.2, 0) is 11.3 Å². The molecule has 1 amide bonds. The van der Waals surface area contributed by atoms with E-state index in [1.807, 2.05) is 17.0 Å². The molecule has 1 unspecified atom stereocenters. The van der Waals surface area contributed by atoms with Gasteiger partial charge in [-0.3, -0.25) is 4.79 Å². The fraction of sp³-hybridized carbons (Fsp3) is 0.500.